The van der Waals surface area contributed by atoms with Crippen molar-refractivity contribution in [2.24, 2.45) is 0 Å². The van der Waals surface area contributed by atoms with E-state index in [1.165, 1.54) is 13.1 Å². The summed E-state index contributed by atoms with van der Waals surface area (Å²) in [4.78, 5) is 34.0. The quantitative estimate of drug-likeness (QED) is 0.623. The minimum Gasteiger partial charge on any atom is -0.463 e. The lowest BCUT2D eigenvalue weighted by molar-refractivity contribution is -0.137. The number of amides is 2. The van der Waals surface area contributed by atoms with Crippen molar-refractivity contribution in [3.63, 3.8) is 0 Å². The fourth-order valence-corrected chi connectivity index (χ4v) is 1.40. The average molecular weight is 276 g/mol. The van der Waals surface area contributed by atoms with Gasteiger partial charge < -0.3 is 15.4 Å². The van der Waals surface area contributed by atoms with Gasteiger partial charge in [0.05, 0.1) is 6.61 Å². The van der Waals surface area contributed by atoms with E-state index in [4.69, 9.17) is 0 Å². The molecule has 0 bridgehead atoms. The van der Waals surface area contributed by atoms with E-state index in [0.717, 1.165) is 12.2 Å². The molecule has 0 saturated heterocycles. The largest absolute Gasteiger partial charge is 0.463 e. The molecule has 6 nitrogen and oxygen atoms in total. The number of hydrogen-bond acceptors (Lipinski definition) is 4. The van der Waals surface area contributed by atoms with E-state index in [0.29, 0.717) is 11.3 Å². The van der Waals surface area contributed by atoms with Gasteiger partial charge in [0, 0.05) is 30.5 Å². The van der Waals surface area contributed by atoms with Crippen LogP contribution in [0.15, 0.2) is 36.4 Å². The second-order valence-electron chi connectivity index (χ2n) is 3.73. The molecule has 2 amide bonds. The minimum absolute atomic E-state index is 0.247. The number of ether oxygens (including phenoxy) is 1. The SMILES string of the molecule is CCOC(=O)/C=C/C(=O)Nc1cccc(C(=O)NC)c1. The molecular weight excluding hydrogens is 260 g/mol. The molecule has 1 rings (SSSR count). The van der Waals surface area contributed by atoms with Gasteiger partial charge in [0.25, 0.3) is 5.91 Å². The first-order chi connectivity index (χ1) is 9.56. The Kier molecular flexibility index (Phi) is 5.96. The summed E-state index contributed by atoms with van der Waals surface area (Å²) in [5.41, 5.74) is 0.893. The van der Waals surface area contributed by atoms with Gasteiger partial charge >= 0.3 is 5.97 Å². The minimum atomic E-state index is -0.582. The van der Waals surface area contributed by atoms with Crippen LogP contribution in [-0.2, 0) is 14.3 Å². The summed E-state index contributed by atoms with van der Waals surface area (Å²) in [6, 6.07) is 6.45. The van der Waals surface area contributed by atoms with Crippen molar-refractivity contribution in [1.82, 2.24) is 5.32 Å². The molecule has 0 aliphatic carbocycles. The van der Waals surface area contributed by atoms with Crippen LogP contribution >= 0.6 is 0 Å². The third-order valence-corrected chi connectivity index (χ3v) is 2.28. The van der Waals surface area contributed by atoms with Crippen LogP contribution in [0, 0.1) is 0 Å². The van der Waals surface area contributed by atoms with Crippen molar-refractivity contribution in [3.8, 4) is 0 Å². The monoisotopic (exact) mass is 276 g/mol. The predicted molar refractivity (Wildman–Crippen MR) is 74.2 cm³/mol. The number of nitrogens with one attached hydrogen (secondary N) is 2. The maximum absolute atomic E-state index is 11.6. The molecule has 0 spiro atoms. The predicted octanol–water partition coefficient (Wildman–Crippen LogP) is 1.10. The first-order valence-corrected chi connectivity index (χ1v) is 6.04. The third kappa shape index (κ3) is 4.93. The zero-order chi connectivity index (χ0) is 15.0. The molecular formula is C14H16N2O4. The number of carbonyl (C=O) groups excluding carboxylic acids is 3. The number of benzene rings is 1. The van der Waals surface area contributed by atoms with Gasteiger partial charge in [-0.3, -0.25) is 9.59 Å². The Hall–Kier alpha value is -2.63. The van der Waals surface area contributed by atoms with Crippen molar-refractivity contribution in [3.05, 3.63) is 42.0 Å². The molecule has 0 atom stereocenters. The molecule has 20 heavy (non-hydrogen) atoms. The summed E-state index contributed by atoms with van der Waals surface area (Å²) in [5.74, 6) is -1.31. The molecule has 0 aromatic heterocycles. The molecule has 0 aliphatic rings. The van der Waals surface area contributed by atoms with Crippen LogP contribution in [0.4, 0.5) is 5.69 Å². The van der Waals surface area contributed by atoms with Crippen LogP contribution in [-0.4, -0.2) is 31.4 Å². The fraction of sp³-hybridized carbons (Fsp3) is 0.214. The standard InChI is InChI=1S/C14H16N2O4/c1-3-20-13(18)8-7-12(17)16-11-6-4-5-10(9-11)14(19)15-2/h4-9H,3H2,1-2H3,(H,15,19)(H,16,17)/b8-7+. The van der Waals surface area contributed by atoms with Crippen LogP contribution in [0.25, 0.3) is 0 Å². The Morgan fingerprint density at radius 3 is 2.65 bits per heavy atom. The molecule has 0 unspecified atom stereocenters. The van der Waals surface area contributed by atoms with E-state index in [-0.39, 0.29) is 12.5 Å². The van der Waals surface area contributed by atoms with Crippen molar-refractivity contribution in [2.75, 3.05) is 19.0 Å². The highest BCUT2D eigenvalue weighted by atomic mass is 16.5. The van der Waals surface area contributed by atoms with Gasteiger partial charge in [-0.1, -0.05) is 6.07 Å². The second kappa shape index (κ2) is 7.73. The summed E-state index contributed by atoms with van der Waals surface area (Å²) in [6.45, 7) is 1.93. The number of rotatable bonds is 5. The molecule has 2 N–H and O–H groups in total. The lowest BCUT2D eigenvalue weighted by atomic mass is 10.2. The Morgan fingerprint density at radius 2 is 2.00 bits per heavy atom. The zero-order valence-corrected chi connectivity index (χ0v) is 11.3. The lowest BCUT2D eigenvalue weighted by Gasteiger charge is -2.04. The molecule has 1 aromatic rings. The molecule has 6 heteroatoms. The maximum atomic E-state index is 11.6. The molecule has 0 radical (unpaired) electrons. The van der Waals surface area contributed by atoms with Gasteiger partial charge in [-0.15, -0.1) is 0 Å². The number of anilines is 1. The van der Waals surface area contributed by atoms with E-state index < -0.39 is 11.9 Å². The van der Waals surface area contributed by atoms with Crippen LogP contribution in [0.2, 0.25) is 0 Å². The molecule has 106 valence electrons. The fourth-order valence-electron chi connectivity index (χ4n) is 1.40. The average Bonchev–Trinajstić information content (AvgIpc) is 2.45. The first-order valence-electron chi connectivity index (χ1n) is 6.04. The Labute approximate surface area is 116 Å². The molecule has 0 heterocycles. The lowest BCUT2D eigenvalue weighted by Crippen LogP contribution is -2.18. The van der Waals surface area contributed by atoms with Crippen LogP contribution in [0.5, 0.6) is 0 Å². The zero-order valence-electron chi connectivity index (χ0n) is 11.3. The highest BCUT2D eigenvalue weighted by molar-refractivity contribution is 6.03. The topological polar surface area (TPSA) is 84.5 Å². The van der Waals surface area contributed by atoms with E-state index in [9.17, 15) is 14.4 Å². The van der Waals surface area contributed by atoms with Gasteiger partial charge in [0.2, 0.25) is 5.91 Å². The molecule has 0 aliphatic heterocycles. The van der Waals surface area contributed by atoms with Crippen molar-refractivity contribution in [2.45, 2.75) is 6.92 Å². The van der Waals surface area contributed by atoms with Gasteiger partial charge in [-0.25, -0.2) is 4.79 Å². The first kappa shape index (κ1) is 15.4. The van der Waals surface area contributed by atoms with E-state index in [2.05, 4.69) is 15.4 Å². The summed E-state index contributed by atoms with van der Waals surface area (Å²) >= 11 is 0. The van der Waals surface area contributed by atoms with Gasteiger partial charge in [0.15, 0.2) is 0 Å². The van der Waals surface area contributed by atoms with E-state index in [1.54, 1.807) is 25.1 Å². The van der Waals surface area contributed by atoms with Gasteiger partial charge in [-0.2, -0.15) is 0 Å². The summed E-state index contributed by atoms with van der Waals surface area (Å²) in [7, 11) is 1.52. The van der Waals surface area contributed by atoms with Crippen LogP contribution < -0.4 is 10.6 Å². The normalized spacial score (nSPS) is 10.1. The number of carbonyl (C=O) groups is 3. The summed E-state index contributed by atoms with van der Waals surface area (Å²) in [6.07, 6.45) is 2.12. The van der Waals surface area contributed by atoms with Crippen LogP contribution in [0.3, 0.4) is 0 Å². The molecule has 0 saturated carbocycles. The Morgan fingerprint density at radius 1 is 1.25 bits per heavy atom. The van der Waals surface area contributed by atoms with Gasteiger partial charge in [0.1, 0.15) is 0 Å². The maximum Gasteiger partial charge on any atom is 0.330 e. The number of hydrogen-bond donors (Lipinski definition) is 2. The van der Waals surface area contributed by atoms with Crippen LogP contribution in [0.1, 0.15) is 17.3 Å². The van der Waals surface area contributed by atoms with Crippen molar-refractivity contribution >= 4 is 23.5 Å². The van der Waals surface area contributed by atoms with Crippen molar-refractivity contribution in [1.29, 1.82) is 0 Å². The Bertz CT molecular complexity index is 538. The Balaban J connectivity index is 2.67. The third-order valence-electron chi connectivity index (χ3n) is 2.28. The summed E-state index contributed by atoms with van der Waals surface area (Å²) < 4.78 is 4.65. The smallest absolute Gasteiger partial charge is 0.330 e. The molecule has 1 aromatic carbocycles. The number of esters is 1. The highest BCUT2D eigenvalue weighted by Crippen LogP contribution is 2.10. The summed E-state index contributed by atoms with van der Waals surface area (Å²) in [5, 5.41) is 5.03. The van der Waals surface area contributed by atoms with E-state index in [1.807, 2.05) is 0 Å². The highest BCUT2D eigenvalue weighted by Gasteiger charge is 2.05. The molecule has 0 fully saturated rings. The second-order valence-corrected chi connectivity index (χ2v) is 3.73. The van der Waals surface area contributed by atoms with E-state index >= 15 is 0 Å². The van der Waals surface area contributed by atoms with Gasteiger partial charge in [-0.05, 0) is 25.1 Å². The van der Waals surface area contributed by atoms with Crippen molar-refractivity contribution < 1.29 is 19.1 Å².